The summed E-state index contributed by atoms with van der Waals surface area (Å²) in [5, 5.41) is 0. The molecule has 0 spiro atoms. The van der Waals surface area contributed by atoms with Crippen molar-refractivity contribution in [3.05, 3.63) is 28.2 Å². The molecular formula is C17H25BrN2O. The molecule has 116 valence electrons. The second-order valence-electron chi connectivity index (χ2n) is 6.28. The van der Waals surface area contributed by atoms with Crippen molar-refractivity contribution in [2.75, 3.05) is 20.2 Å². The van der Waals surface area contributed by atoms with Crippen LogP contribution < -0.4 is 10.5 Å². The maximum absolute atomic E-state index is 6.18. The van der Waals surface area contributed by atoms with E-state index < -0.39 is 0 Å². The van der Waals surface area contributed by atoms with Gasteiger partial charge in [-0.05, 0) is 61.9 Å². The van der Waals surface area contributed by atoms with E-state index in [1.54, 1.807) is 7.11 Å². The number of nitrogens with two attached hydrogens (primary N) is 1. The Hall–Kier alpha value is -0.580. The second-order valence-corrected chi connectivity index (χ2v) is 7.13. The Bertz CT molecular complexity index is 494. The quantitative estimate of drug-likeness (QED) is 0.897. The van der Waals surface area contributed by atoms with Gasteiger partial charge in [0.25, 0.3) is 0 Å². The number of fused-ring (bicyclic) bond motifs is 1. The van der Waals surface area contributed by atoms with Gasteiger partial charge in [0.15, 0.2) is 0 Å². The van der Waals surface area contributed by atoms with Crippen molar-refractivity contribution >= 4 is 15.9 Å². The summed E-state index contributed by atoms with van der Waals surface area (Å²) >= 11 is 3.70. The summed E-state index contributed by atoms with van der Waals surface area (Å²) in [4.78, 5) is 2.67. The fraction of sp³-hybridized carbons (Fsp3) is 0.647. The van der Waals surface area contributed by atoms with Crippen molar-refractivity contribution < 1.29 is 4.74 Å². The van der Waals surface area contributed by atoms with Gasteiger partial charge in [-0.15, -0.1) is 0 Å². The molecule has 3 nitrogen and oxygen atoms in total. The molecule has 1 aromatic rings. The van der Waals surface area contributed by atoms with Crippen molar-refractivity contribution in [1.82, 2.24) is 4.90 Å². The summed E-state index contributed by atoms with van der Waals surface area (Å²) in [7, 11) is 1.72. The first-order valence-electron chi connectivity index (χ1n) is 8.04. The summed E-state index contributed by atoms with van der Waals surface area (Å²) in [5.74, 6) is 1.80. The van der Waals surface area contributed by atoms with Crippen LogP contribution in [0.25, 0.3) is 0 Å². The molecule has 0 amide bonds. The molecule has 3 unspecified atom stereocenters. The van der Waals surface area contributed by atoms with Gasteiger partial charge >= 0.3 is 0 Å². The van der Waals surface area contributed by atoms with Gasteiger partial charge in [0.1, 0.15) is 5.75 Å². The fourth-order valence-corrected chi connectivity index (χ4v) is 4.74. The minimum absolute atomic E-state index is 0.292. The summed E-state index contributed by atoms with van der Waals surface area (Å²) in [6.07, 6.45) is 6.82. The highest BCUT2D eigenvalue weighted by Gasteiger charge is 2.38. The lowest BCUT2D eigenvalue weighted by Crippen LogP contribution is -2.46. The number of ether oxygens (including phenoxy) is 1. The molecular weight excluding hydrogens is 328 g/mol. The van der Waals surface area contributed by atoms with Gasteiger partial charge in [0.2, 0.25) is 0 Å². The standard InChI is InChI=1S/C17H25BrN2O/c1-21-13-7-8-15(18)14(10-13)17(11-19)20-9-3-5-12-4-2-6-16(12)20/h7-8,10,12,16-17H,2-6,9,11,19H2,1H3. The predicted molar refractivity (Wildman–Crippen MR) is 89.6 cm³/mol. The molecule has 1 aliphatic carbocycles. The van der Waals surface area contributed by atoms with Crippen LogP contribution in [0.1, 0.15) is 43.7 Å². The van der Waals surface area contributed by atoms with Gasteiger partial charge in [-0.25, -0.2) is 0 Å². The Balaban J connectivity index is 1.90. The van der Waals surface area contributed by atoms with E-state index >= 15 is 0 Å². The number of hydrogen-bond donors (Lipinski definition) is 1. The Labute approximate surface area is 136 Å². The summed E-state index contributed by atoms with van der Waals surface area (Å²) in [6.45, 7) is 1.83. The average Bonchev–Trinajstić information content (AvgIpc) is 2.99. The molecule has 1 aliphatic heterocycles. The van der Waals surface area contributed by atoms with Crippen molar-refractivity contribution in [2.24, 2.45) is 11.7 Å². The third kappa shape index (κ3) is 2.99. The first-order chi connectivity index (χ1) is 10.2. The topological polar surface area (TPSA) is 38.5 Å². The fourth-order valence-electron chi connectivity index (χ4n) is 4.22. The van der Waals surface area contributed by atoms with Crippen molar-refractivity contribution in [3.8, 4) is 5.75 Å². The third-order valence-electron chi connectivity index (χ3n) is 5.22. The molecule has 0 aromatic heterocycles. The van der Waals surface area contributed by atoms with Crippen LogP contribution in [0.2, 0.25) is 0 Å². The zero-order chi connectivity index (χ0) is 14.8. The Morgan fingerprint density at radius 3 is 2.90 bits per heavy atom. The van der Waals surface area contributed by atoms with Crippen molar-refractivity contribution in [3.63, 3.8) is 0 Å². The predicted octanol–water partition coefficient (Wildman–Crippen LogP) is 3.72. The maximum Gasteiger partial charge on any atom is 0.119 e. The lowest BCUT2D eigenvalue weighted by atomic mass is 9.89. The zero-order valence-electron chi connectivity index (χ0n) is 12.7. The third-order valence-corrected chi connectivity index (χ3v) is 5.94. The van der Waals surface area contributed by atoms with Crippen LogP contribution >= 0.6 is 15.9 Å². The molecule has 1 heterocycles. The van der Waals surface area contributed by atoms with Crippen LogP contribution in [0.15, 0.2) is 22.7 Å². The highest BCUT2D eigenvalue weighted by Crippen LogP contribution is 2.42. The molecule has 2 fully saturated rings. The van der Waals surface area contributed by atoms with Crippen LogP contribution in [0.5, 0.6) is 5.75 Å². The van der Waals surface area contributed by atoms with Gasteiger partial charge < -0.3 is 10.5 Å². The van der Waals surface area contributed by atoms with Crippen molar-refractivity contribution in [2.45, 2.75) is 44.2 Å². The van der Waals surface area contributed by atoms with Crippen molar-refractivity contribution in [1.29, 1.82) is 0 Å². The first kappa shape index (κ1) is 15.3. The molecule has 21 heavy (non-hydrogen) atoms. The molecule has 3 atom stereocenters. The lowest BCUT2D eigenvalue weighted by Gasteiger charge is -2.43. The van der Waals surface area contributed by atoms with Gasteiger partial charge in [-0.2, -0.15) is 0 Å². The zero-order valence-corrected chi connectivity index (χ0v) is 14.3. The number of nitrogens with zero attached hydrogens (tertiary/aromatic N) is 1. The van der Waals surface area contributed by atoms with Crippen LogP contribution in [0, 0.1) is 5.92 Å². The Kier molecular flexibility index (Phi) is 4.87. The molecule has 1 saturated heterocycles. The molecule has 1 saturated carbocycles. The van der Waals surface area contributed by atoms with Gasteiger partial charge in [0, 0.05) is 23.1 Å². The SMILES string of the molecule is COc1ccc(Br)c(C(CN)N2CCCC3CCCC32)c1. The number of likely N-dealkylation sites (tertiary alicyclic amines) is 1. The van der Waals surface area contributed by atoms with Crippen LogP contribution in [0.4, 0.5) is 0 Å². The van der Waals surface area contributed by atoms with E-state index in [4.69, 9.17) is 10.5 Å². The molecule has 2 aliphatic rings. The van der Waals surface area contributed by atoms with Gasteiger partial charge in [0.05, 0.1) is 7.11 Å². The van der Waals surface area contributed by atoms with E-state index in [1.165, 1.54) is 44.2 Å². The smallest absolute Gasteiger partial charge is 0.119 e. The van der Waals surface area contributed by atoms with E-state index in [0.29, 0.717) is 12.6 Å². The van der Waals surface area contributed by atoms with E-state index in [9.17, 15) is 0 Å². The monoisotopic (exact) mass is 352 g/mol. The summed E-state index contributed by atoms with van der Waals surface area (Å²) in [5.41, 5.74) is 7.44. The highest BCUT2D eigenvalue weighted by molar-refractivity contribution is 9.10. The highest BCUT2D eigenvalue weighted by atomic mass is 79.9. The van der Waals surface area contributed by atoms with E-state index in [1.807, 2.05) is 6.07 Å². The number of piperidine rings is 1. The van der Waals surface area contributed by atoms with Gasteiger partial charge in [-0.3, -0.25) is 4.90 Å². The summed E-state index contributed by atoms with van der Waals surface area (Å²) < 4.78 is 6.54. The molecule has 3 rings (SSSR count). The maximum atomic E-state index is 6.18. The molecule has 4 heteroatoms. The van der Waals surface area contributed by atoms with Crippen LogP contribution in [-0.2, 0) is 0 Å². The lowest BCUT2D eigenvalue weighted by molar-refractivity contribution is 0.0697. The van der Waals surface area contributed by atoms with Crippen LogP contribution in [0.3, 0.4) is 0 Å². The number of rotatable bonds is 4. The minimum atomic E-state index is 0.292. The van der Waals surface area contributed by atoms with E-state index in [-0.39, 0.29) is 0 Å². The summed E-state index contributed by atoms with van der Waals surface area (Å²) in [6, 6.07) is 7.23. The molecule has 2 N–H and O–H groups in total. The second kappa shape index (κ2) is 6.67. The van der Waals surface area contributed by atoms with E-state index in [2.05, 4.69) is 33.0 Å². The number of benzene rings is 1. The molecule has 0 bridgehead atoms. The first-order valence-corrected chi connectivity index (χ1v) is 8.83. The number of halogens is 1. The molecule has 0 radical (unpaired) electrons. The number of hydrogen-bond acceptors (Lipinski definition) is 3. The van der Waals surface area contributed by atoms with Gasteiger partial charge in [-0.1, -0.05) is 22.4 Å². The number of methoxy groups -OCH3 is 1. The average molecular weight is 353 g/mol. The minimum Gasteiger partial charge on any atom is -0.497 e. The Morgan fingerprint density at radius 2 is 2.14 bits per heavy atom. The molecule has 1 aromatic carbocycles. The van der Waals surface area contributed by atoms with Crippen LogP contribution in [-0.4, -0.2) is 31.1 Å². The normalized spacial score (nSPS) is 27.4. The Morgan fingerprint density at radius 1 is 1.33 bits per heavy atom. The van der Waals surface area contributed by atoms with E-state index in [0.717, 1.165) is 22.2 Å². The largest absolute Gasteiger partial charge is 0.497 e.